The van der Waals surface area contributed by atoms with E-state index >= 15 is 0 Å². The Kier molecular flexibility index (Phi) is 4.25. The largest absolute Gasteiger partial charge is 0.377 e. The van der Waals surface area contributed by atoms with E-state index in [4.69, 9.17) is 4.74 Å². The maximum absolute atomic E-state index is 12.2. The van der Waals surface area contributed by atoms with Crippen LogP contribution in [0.4, 0.5) is 0 Å². The summed E-state index contributed by atoms with van der Waals surface area (Å²) in [4.78, 5) is 14.4. The van der Waals surface area contributed by atoms with E-state index in [2.05, 4.69) is 29.4 Å². The van der Waals surface area contributed by atoms with Gasteiger partial charge in [0.15, 0.2) is 0 Å². The Labute approximate surface area is 109 Å². The van der Waals surface area contributed by atoms with Crippen LogP contribution >= 0.6 is 0 Å². The normalized spacial score (nSPS) is 32.5. The van der Waals surface area contributed by atoms with E-state index in [0.29, 0.717) is 12.6 Å². The predicted molar refractivity (Wildman–Crippen MR) is 70.5 cm³/mol. The van der Waals surface area contributed by atoms with E-state index in [1.807, 2.05) is 7.05 Å². The molecule has 2 heterocycles. The minimum Gasteiger partial charge on any atom is -0.377 e. The number of nitrogens with zero attached hydrogens (tertiary/aromatic N) is 1. The Morgan fingerprint density at radius 1 is 1.56 bits per heavy atom. The van der Waals surface area contributed by atoms with Crippen LogP contribution in [-0.4, -0.2) is 61.8 Å². The molecule has 2 aliphatic heterocycles. The van der Waals surface area contributed by atoms with E-state index < -0.39 is 0 Å². The minimum atomic E-state index is -0.153. The Balaban J connectivity index is 2.03. The molecule has 2 N–H and O–H groups in total. The Morgan fingerprint density at radius 2 is 2.33 bits per heavy atom. The smallest absolute Gasteiger partial charge is 0.239 e. The summed E-state index contributed by atoms with van der Waals surface area (Å²) in [6, 6.07) is -0.0766. The molecule has 0 spiro atoms. The molecule has 0 aliphatic carbocycles. The number of carbonyl (C=O) groups is 1. The van der Waals surface area contributed by atoms with Crippen LogP contribution in [0.5, 0.6) is 0 Å². The van der Waals surface area contributed by atoms with E-state index in [9.17, 15) is 4.79 Å². The molecular formula is C13H25N3O2. The van der Waals surface area contributed by atoms with Crippen molar-refractivity contribution < 1.29 is 9.53 Å². The molecule has 104 valence electrons. The summed E-state index contributed by atoms with van der Waals surface area (Å²) in [5.74, 6) is 0.124. The van der Waals surface area contributed by atoms with Crippen molar-refractivity contribution in [1.82, 2.24) is 15.5 Å². The molecule has 0 saturated carbocycles. The first-order chi connectivity index (χ1) is 8.52. The molecule has 2 aliphatic rings. The molecule has 2 fully saturated rings. The van der Waals surface area contributed by atoms with Crippen molar-refractivity contribution in [3.05, 3.63) is 0 Å². The molecule has 5 heteroatoms. The fraction of sp³-hybridized carbons (Fsp3) is 0.923. The fourth-order valence-electron chi connectivity index (χ4n) is 2.90. The van der Waals surface area contributed by atoms with Crippen LogP contribution in [0.2, 0.25) is 0 Å². The second kappa shape index (κ2) is 5.55. The molecule has 0 bridgehead atoms. The zero-order valence-electron chi connectivity index (χ0n) is 11.7. The summed E-state index contributed by atoms with van der Waals surface area (Å²) in [5, 5.41) is 6.19. The third kappa shape index (κ3) is 3.22. The van der Waals surface area contributed by atoms with Crippen molar-refractivity contribution in [2.24, 2.45) is 0 Å². The van der Waals surface area contributed by atoms with Gasteiger partial charge in [-0.15, -0.1) is 0 Å². The van der Waals surface area contributed by atoms with Gasteiger partial charge in [-0.3, -0.25) is 9.69 Å². The first-order valence-corrected chi connectivity index (χ1v) is 6.84. The third-order valence-electron chi connectivity index (χ3n) is 3.66. The molecule has 0 aromatic heterocycles. The summed E-state index contributed by atoms with van der Waals surface area (Å²) in [6.45, 7) is 7.44. The third-order valence-corrected chi connectivity index (χ3v) is 3.66. The highest BCUT2D eigenvalue weighted by molar-refractivity contribution is 5.83. The van der Waals surface area contributed by atoms with Gasteiger partial charge in [0.1, 0.15) is 6.04 Å². The van der Waals surface area contributed by atoms with Gasteiger partial charge in [-0.1, -0.05) is 0 Å². The standard InChI is InChI=1S/C13H25N3O2/c1-13(2)9-16(8-10-5-4-6-18-10)11(7-14-3)12(17)15-13/h10-11,14H,4-9H2,1-3H3,(H,15,17). The number of piperazine rings is 1. The predicted octanol–water partition coefficient (Wildman–Crippen LogP) is -0.0362. The summed E-state index contributed by atoms with van der Waals surface area (Å²) < 4.78 is 5.69. The highest BCUT2D eigenvalue weighted by atomic mass is 16.5. The number of amides is 1. The summed E-state index contributed by atoms with van der Waals surface area (Å²) in [5.41, 5.74) is -0.153. The quantitative estimate of drug-likeness (QED) is 0.740. The topological polar surface area (TPSA) is 53.6 Å². The minimum absolute atomic E-state index is 0.0766. The molecule has 5 nitrogen and oxygen atoms in total. The first-order valence-electron chi connectivity index (χ1n) is 6.84. The number of hydrogen-bond acceptors (Lipinski definition) is 4. The number of nitrogens with one attached hydrogen (secondary N) is 2. The second-order valence-electron chi connectivity index (χ2n) is 6.01. The van der Waals surface area contributed by atoms with Crippen LogP contribution in [0.1, 0.15) is 26.7 Å². The number of rotatable bonds is 4. The lowest BCUT2D eigenvalue weighted by molar-refractivity contribution is -0.133. The average Bonchev–Trinajstić information content (AvgIpc) is 2.75. The van der Waals surface area contributed by atoms with Gasteiger partial charge in [-0.25, -0.2) is 0 Å². The van der Waals surface area contributed by atoms with Crippen molar-refractivity contribution >= 4 is 5.91 Å². The van der Waals surface area contributed by atoms with Crippen LogP contribution in [0.3, 0.4) is 0 Å². The Hall–Kier alpha value is -0.650. The molecule has 1 amide bonds. The van der Waals surface area contributed by atoms with Crippen molar-refractivity contribution in [2.75, 3.05) is 33.3 Å². The average molecular weight is 255 g/mol. The van der Waals surface area contributed by atoms with Gasteiger partial charge in [-0.2, -0.15) is 0 Å². The van der Waals surface area contributed by atoms with Crippen LogP contribution in [0.25, 0.3) is 0 Å². The van der Waals surface area contributed by atoms with Gasteiger partial charge in [0.25, 0.3) is 0 Å². The van der Waals surface area contributed by atoms with E-state index in [1.54, 1.807) is 0 Å². The zero-order chi connectivity index (χ0) is 13.2. The van der Waals surface area contributed by atoms with Crippen molar-refractivity contribution in [1.29, 1.82) is 0 Å². The maximum atomic E-state index is 12.2. The van der Waals surface area contributed by atoms with E-state index in [-0.39, 0.29) is 17.5 Å². The van der Waals surface area contributed by atoms with Crippen LogP contribution in [0.15, 0.2) is 0 Å². The maximum Gasteiger partial charge on any atom is 0.239 e. The zero-order valence-corrected chi connectivity index (χ0v) is 11.7. The van der Waals surface area contributed by atoms with Crippen LogP contribution < -0.4 is 10.6 Å². The monoisotopic (exact) mass is 255 g/mol. The molecule has 2 rings (SSSR count). The molecule has 2 unspecified atom stereocenters. The molecule has 0 aromatic carbocycles. The van der Waals surface area contributed by atoms with E-state index in [1.165, 1.54) is 0 Å². The van der Waals surface area contributed by atoms with Gasteiger partial charge in [-0.05, 0) is 33.7 Å². The highest BCUT2D eigenvalue weighted by Crippen LogP contribution is 2.20. The lowest BCUT2D eigenvalue weighted by Crippen LogP contribution is -2.67. The second-order valence-corrected chi connectivity index (χ2v) is 6.01. The van der Waals surface area contributed by atoms with Gasteiger partial charge in [0, 0.05) is 31.8 Å². The summed E-state index contributed by atoms with van der Waals surface area (Å²) >= 11 is 0. The summed E-state index contributed by atoms with van der Waals surface area (Å²) in [7, 11) is 1.89. The Morgan fingerprint density at radius 3 is 2.94 bits per heavy atom. The van der Waals surface area contributed by atoms with Crippen LogP contribution in [0, 0.1) is 0 Å². The van der Waals surface area contributed by atoms with Gasteiger partial charge in [0.2, 0.25) is 5.91 Å². The molecular weight excluding hydrogens is 230 g/mol. The molecule has 18 heavy (non-hydrogen) atoms. The van der Waals surface area contributed by atoms with Gasteiger partial charge in [0.05, 0.1) is 6.10 Å². The van der Waals surface area contributed by atoms with Gasteiger partial charge < -0.3 is 15.4 Å². The van der Waals surface area contributed by atoms with Crippen molar-refractivity contribution in [2.45, 2.75) is 44.4 Å². The van der Waals surface area contributed by atoms with Crippen molar-refractivity contribution in [3.63, 3.8) is 0 Å². The molecule has 2 saturated heterocycles. The SMILES string of the molecule is CNCC1C(=O)NC(C)(C)CN1CC1CCCO1. The summed E-state index contributed by atoms with van der Waals surface area (Å²) in [6.07, 6.45) is 2.56. The number of ether oxygens (including phenoxy) is 1. The van der Waals surface area contributed by atoms with Crippen LogP contribution in [-0.2, 0) is 9.53 Å². The van der Waals surface area contributed by atoms with E-state index in [0.717, 1.165) is 32.5 Å². The fourth-order valence-corrected chi connectivity index (χ4v) is 2.90. The lowest BCUT2D eigenvalue weighted by Gasteiger charge is -2.44. The number of carbonyl (C=O) groups excluding carboxylic acids is 1. The highest BCUT2D eigenvalue weighted by Gasteiger charge is 2.39. The van der Waals surface area contributed by atoms with Gasteiger partial charge >= 0.3 is 0 Å². The first kappa shape index (κ1) is 13.8. The molecule has 2 atom stereocenters. The molecule has 0 radical (unpaired) electrons. The number of likely N-dealkylation sites (N-methyl/N-ethyl adjacent to an activating group) is 1. The number of hydrogen-bond donors (Lipinski definition) is 2. The molecule has 0 aromatic rings. The van der Waals surface area contributed by atoms with Crippen molar-refractivity contribution in [3.8, 4) is 0 Å². The lowest BCUT2D eigenvalue weighted by atomic mass is 9.97. The Bertz CT molecular complexity index is 301.